The molecule has 0 unspecified atom stereocenters. The predicted octanol–water partition coefficient (Wildman–Crippen LogP) is -0.327. The quantitative estimate of drug-likeness (QED) is 0.595. The molecule has 1 aliphatic carbocycles. The molecule has 1 saturated carbocycles. The Balaban J connectivity index is 2.14. The summed E-state index contributed by atoms with van der Waals surface area (Å²) in [5.74, 6) is 0.603. The Morgan fingerprint density at radius 1 is 1.69 bits per heavy atom. The van der Waals surface area contributed by atoms with Crippen LogP contribution in [0.1, 0.15) is 12.8 Å². The second-order valence-electron chi connectivity index (χ2n) is 3.41. The van der Waals surface area contributed by atoms with E-state index in [0.29, 0.717) is 12.4 Å². The minimum Gasteiger partial charge on any atom is -0.363 e. The molecule has 0 spiro atoms. The van der Waals surface area contributed by atoms with Crippen LogP contribution in [0.15, 0.2) is 17.2 Å². The van der Waals surface area contributed by atoms with Crippen molar-refractivity contribution in [1.82, 2.24) is 9.97 Å². The average Bonchev–Trinajstić information content (AvgIpc) is 2.86. The summed E-state index contributed by atoms with van der Waals surface area (Å²) < 4.78 is 0. The van der Waals surface area contributed by atoms with E-state index in [4.69, 9.17) is 5.73 Å². The van der Waals surface area contributed by atoms with Crippen molar-refractivity contribution in [1.29, 1.82) is 0 Å². The van der Waals surface area contributed by atoms with Gasteiger partial charge in [0.15, 0.2) is 0 Å². The zero-order valence-corrected chi connectivity index (χ0v) is 7.21. The maximum Gasteiger partial charge on any atom is 0.252 e. The SMILES string of the molecule is NCC1(Nc2cc(=O)[nH]cn2)CC1. The van der Waals surface area contributed by atoms with Crippen LogP contribution in [0.3, 0.4) is 0 Å². The summed E-state index contributed by atoms with van der Waals surface area (Å²) in [4.78, 5) is 17.4. The largest absolute Gasteiger partial charge is 0.363 e. The van der Waals surface area contributed by atoms with Crippen molar-refractivity contribution in [2.45, 2.75) is 18.4 Å². The van der Waals surface area contributed by atoms with Gasteiger partial charge in [0.2, 0.25) is 0 Å². The number of hydrogen-bond donors (Lipinski definition) is 3. The topological polar surface area (TPSA) is 83.8 Å². The molecule has 0 atom stereocenters. The molecule has 0 aliphatic heterocycles. The molecule has 13 heavy (non-hydrogen) atoms. The van der Waals surface area contributed by atoms with Crippen LogP contribution in [-0.2, 0) is 0 Å². The van der Waals surface area contributed by atoms with E-state index in [1.165, 1.54) is 12.4 Å². The van der Waals surface area contributed by atoms with Gasteiger partial charge in [-0.2, -0.15) is 0 Å². The molecule has 5 nitrogen and oxygen atoms in total. The van der Waals surface area contributed by atoms with E-state index >= 15 is 0 Å². The molecule has 2 rings (SSSR count). The van der Waals surface area contributed by atoms with Crippen LogP contribution in [0.2, 0.25) is 0 Å². The highest BCUT2D eigenvalue weighted by atomic mass is 16.1. The highest BCUT2D eigenvalue weighted by Crippen LogP contribution is 2.36. The zero-order valence-electron chi connectivity index (χ0n) is 7.21. The van der Waals surface area contributed by atoms with Crippen LogP contribution in [0.25, 0.3) is 0 Å². The van der Waals surface area contributed by atoms with E-state index in [-0.39, 0.29) is 11.1 Å². The summed E-state index contributed by atoms with van der Waals surface area (Å²) in [5.41, 5.74) is 5.43. The number of hydrogen-bond acceptors (Lipinski definition) is 4. The van der Waals surface area contributed by atoms with Gasteiger partial charge in [-0.1, -0.05) is 0 Å². The Morgan fingerprint density at radius 3 is 3.00 bits per heavy atom. The van der Waals surface area contributed by atoms with Crippen molar-refractivity contribution in [3.05, 3.63) is 22.7 Å². The van der Waals surface area contributed by atoms with Gasteiger partial charge in [-0.05, 0) is 12.8 Å². The van der Waals surface area contributed by atoms with Gasteiger partial charge < -0.3 is 16.0 Å². The van der Waals surface area contributed by atoms with Gasteiger partial charge in [0.1, 0.15) is 5.82 Å². The minimum absolute atomic E-state index is 0.000787. The lowest BCUT2D eigenvalue weighted by atomic mass is 10.3. The fraction of sp³-hybridized carbons (Fsp3) is 0.500. The Bertz CT molecular complexity index is 355. The lowest BCUT2D eigenvalue weighted by Gasteiger charge is -2.14. The van der Waals surface area contributed by atoms with Crippen LogP contribution in [0.4, 0.5) is 5.82 Å². The van der Waals surface area contributed by atoms with Crippen molar-refractivity contribution in [2.24, 2.45) is 5.73 Å². The number of rotatable bonds is 3. The van der Waals surface area contributed by atoms with Crippen molar-refractivity contribution in [3.8, 4) is 0 Å². The number of nitrogens with two attached hydrogens (primary N) is 1. The summed E-state index contributed by atoms with van der Waals surface area (Å²) in [5, 5.41) is 3.16. The van der Waals surface area contributed by atoms with Gasteiger partial charge in [-0.3, -0.25) is 4.79 Å². The number of nitrogens with zero attached hydrogens (tertiary/aromatic N) is 1. The van der Waals surface area contributed by atoms with Crippen molar-refractivity contribution < 1.29 is 0 Å². The summed E-state index contributed by atoms with van der Waals surface area (Å²) in [6, 6.07) is 1.44. The maximum atomic E-state index is 10.9. The highest BCUT2D eigenvalue weighted by molar-refractivity contribution is 5.39. The van der Waals surface area contributed by atoms with E-state index in [2.05, 4.69) is 15.3 Å². The number of aromatic amines is 1. The summed E-state index contributed by atoms with van der Waals surface area (Å²) >= 11 is 0. The molecule has 0 amide bonds. The number of anilines is 1. The van der Waals surface area contributed by atoms with E-state index in [1.807, 2.05) is 0 Å². The minimum atomic E-state index is -0.148. The van der Waals surface area contributed by atoms with E-state index < -0.39 is 0 Å². The molecule has 0 aromatic carbocycles. The molecule has 0 radical (unpaired) electrons. The first-order valence-electron chi connectivity index (χ1n) is 4.27. The molecule has 1 aliphatic rings. The summed E-state index contributed by atoms with van der Waals surface area (Å²) in [7, 11) is 0. The average molecular weight is 180 g/mol. The first-order chi connectivity index (χ1) is 6.24. The Hall–Kier alpha value is -1.36. The third kappa shape index (κ3) is 1.70. The van der Waals surface area contributed by atoms with E-state index in [1.54, 1.807) is 0 Å². The maximum absolute atomic E-state index is 10.9. The normalized spacial score (nSPS) is 18.2. The van der Waals surface area contributed by atoms with Crippen LogP contribution < -0.4 is 16.6 Å². The smallest absolute Gasteiger partial charge is 0.252 e. The molecule has 4 N–H and O–H groups in total. The predicted molar refractivity (Wildman–Crippen MR) is 49.5 cm³/mol. The Kier molecular flexibility index (Phi) is 1.81. The third-order valence-electron chi connectivity index (χ3n) is 2.32. The van der Waals surface area contributed by atoms with E-state index in [0.717, 1.165) is 12.8 Å². The molecule has 1 fully saturated rings. The lowest BCUT2D eigenvalue weighted by Crippen LogP contribution is -2.31. The molecule has 1 heterocycles. The summed E-state index contributed by atoms with van der Waals surface area (Å²) in [6.07, 6.45) is 3.49. The molecule has 0 saturated heterocycles. The van der Waals surface area contributed by atoms with Crippen LogP contribution in [-0.4, -0.2) is 22.1 Å². The van der Waals surface area contributed by atoms with Gasteiger partial charge >= 0.3 is 0 Å². The highest BCUT2D eigenvalue weighted by Gasteiger charge is 2.41. The molecular formula is C8H12N4O. The number of aromatic nitrogens is 2. The second-order valence-corrected chi connectivity index (χ2v) is 3.41. The van der Waals surface area contributed by atoms with Crippen LogP contribution in [0, 0.1) is 0 Å². The van der Waals surface area contributed by atoms with E-state index in [9.17, 15) is 4.79 Å². The molecule has 1 aromatic heterocycles. The molecule has 0 bridgehead atoms. The molecular weight excluding hydrogens is 168 g/mol. The second kappa shape index (κ2) is 2.85. The molecule has 1 aromatic rings. The van der Waals surface area contributed by atoms with Crippen molar-refractivity contribution in [3.63, 3.8) is 0 Å². The Labute approximate surface area is 75.4 Å². The van der Waals surface area contributed by atoms with Crippen LogP contribution in [0.5, 0.6) is 0 Å². The van der Waals surface area contributed by atoms with Gasteiger partial charge in [0, 0.05) is 12.6 Å². The standard InChI is InChI=1S/C8H12N4O/c9-4-8(1-2-8)12-6-3-7(13)11-5-10-6/h3,5H,1-2,4,9H2,(H2,10,11,12,13). The number of nitrogens with one attached hydrogen (secondary N) is 2. The van der Waals surface area contributed by atoms with Crippen molar-refractivity contribution >= 4 is 5.82 Å². The van der Waals surface area contributed by atoms with Gasteiger partial charge in [-0.25, -0.2) is 4.98 Å². The molecule has 70 valence electrons. The van der Waals surface area contributed by atoms with Gasteiger partial charge in [0.05, 0.1) is 11.9 Å². The summed E-state index contributed by atoms with van der Waals surface area (Å²) in [6.45, 7) is 0.585. The first-order valence-corrected chi connectivity index (χ1v) is 4.27. The van der Waals surface area contributed by atoms with Gasteiger partial charge in [0.25, 0.3) is 5.56 Å². The molecule has 5 heteroatoms. The zero-order chi connectivity index (χ0) is 9.31. The third-order valence-corrected chi connectivity index (χ3v) is 2.32. The Morgan fingerprint density at radius 2 is 2.46 bits per heavy atom. The lowest BCUT2D eigenvalue weighted by molar-refractivity contribution is 0.736. The first kappa shape index (κ1) is 8.25. The van der Waals surface area contributed by atoms with Crippen molar-refractivity contribution in [2.75, 3.05) is 11.9 Å². The van der Waals surface area contributed by atoms with Gasteiger partial charge in [-0.15, -0.1) is 0 Å². The van der Waals surface area contributed by atoms with Crippen LogP contribution >= 0.6 is 0 Å². The fourth-order valence-corrected chi connectivity index (χ4v) is 1.24. The number of H-pyrrole nitrogens is 1. The fourth-order valence-electron chi connectivity index (χ4n) is 1.24. The monoisotopic (exact) mass is 180 g/mol.